The van der Waals surface area contributed by atoms with Gasteiger partial charge in [-0.2, -0.15) is 24.9 Å². The molecule has 2 N–H and O–H groups in total. The molecule has 202 valence electrons. The second-order valence-electron chi connectivity index (χ2n) is 9.69. The van der Waals surface area contributed by atoms with Gasteiger partial charge in [-0.05, 0) is 42.7 Å². The standard InChI is InChI=1S/C25H26F3N5O2S3/c1-2-14-7-16(33-12-15-8-17(33)10-29-15)3-4-19(14)31-24-30-11-18(25(26,27)28)23(32-24)20-9-22-21(37-20)13-36-5-6-38(22,34)35/h3-4,7,9,11,15,17,29H,2,5-6,8,10,12-13H2,1H3,(H,30,31,32)/t15-,17-/m1/s1. The summed E-state index contributed by atoms with van der Waals surface area (Å²) < 4.78 is 67.2. The first-order valence-electron chi connectivity index (χ1n) is 12.4. The smallest absolute Gasteiger partial charge is 0.366 e. The highest BCUT2D eigenvalue weighted by Crippen LogP contribution is 2.43. The van der Waals surface area contributed by atoms with Crippen molar-refractivity contribution in [2.45, 2.75) is 48.7 Å². The van der Waals surface area contributed by atoms with Gasteiger partial charge in [0.15, 0.2) is 9.84 Å². The van der Waals surface area contributed by atoms with Gasteiger partial charge in [0.05, 0.1) is 21.2 Å². The van der Waals surface area contributed by atoms with Crippen LogP contribution in [0.25, 0.3) is 10.6 Å². The molecule has 3 aromatic rings. The molecule has 0 aliphatic carbocycles. The molecule has 5 heterocycles. The van der Waals surface area contributed by atoms with E-state index in [4.69, 9.17) is 0 Å². The van der Waals surface area contributed by atoms with Gasteiger partial charge in [0, 0.05) is 59.1 Å². The number of thioether (sulfide) groups is 1. The number of aromatic nitrogens is 2. The number of aryl methyl sites for hydroxylation is 1. The molecule has 7 nitrogen and oxygen atoms in total. The van der Waals surface area contributed by atoms with Gasteiger partial charge in [-0.15, -0.1) is 11.3 Å². The van der Waals surface area contributed by atoms with Crippen molar-refractivity contribution in [2.24, 2.45) is 0 Å². The molecule has 2 aromatic heterocycles. The lowest BCUT2D eigenvalue weighted by atomic mass is 10.1. The Labute approximate surface area is 227 Å². The van der Waals surface area contributed by atoms with E-state index in [1.54, 1.807) is 0 Å². The van der Waals surface area contributed by atoms with Crippen LogP contribution in [0.2, 0.25) is 0 Å². The quantitative estimate of drug-likeness (QED) is 0.431. The van der Waals surface area contributed by atoms with Gasteiger partial charge >= 0.3 is 6.18 Å². The van der Waals surface area contributed by atoms with Crippen LogP contribution in [0.15, 0.2) is 35.4 Å². The SMILES string of the molecule is CCc1cc(N2C[C@H]3C[C@@H]2CN3)ccc1Nc1ncc(C(F)(F)F)c(-c2cc3c(s2)CSCCS3(=O)=O)n1. The fourth-order valence-corrected chi connectivity index (χ4v) is 10.1. The fraction of sp³-hybridized carbons (Fsp3) is 0.440. The van der Waals surface area contributed by atoms with Crippen LogP contribution in [0.3, 0.4) is 0 Å². The summed E-state index contributed by atoms with van der Waals surface area (Å²) in [5.74, 6) is 0.899. The van der Waals surface area contributed by atoms with E-state index in [0.29, 0.717) is 28.5 Å². The molecule has 0 saturated carbocycles. The number of fused-ring (bicyclic) bond motifs is 3. The first-order chi connectivity index (χ1) is 18.1. The van der Waals surface area contributed by atoms with Gasteiger partial charge < -0.3 is 15.5 Å². The molecule has 1 aromatic carbocycles. The molecule has 0 amide bonds. The largest absolute Gasteiger partial charge is 0.420 e. The number of rotatable bonds is 5. The fourth-order valence-electron chi connectivity index (χ4n) is 5.34. The number of hydrogen-bond donors (Lipinski definition) is 2. The Balaban J connectivity index is 1.35. The number of benzene rings is 1. The van der Waals surface area contributed by atoms with E-state index < -0.39 is 21.6 Å². The van der Waals surface area contributed by atoms with Crippen LogP contribution in [0, 0.1) is 0 Å². The Bertz CT molecular complexity index is 1490. The Hall–Kier alpha value is -2.35. The van der Waals surface area contributed by atoms with E-state index in [-0.39, 0.29) is 27.2 Å². The lowest BCUT2D eigenvalue weighted by molar-refractivity contribution is -0.137. The number of anilines is 3. The predicted molar refractivity (Wildman–Crippen MR) is 145 cm³/mol. The van der Waals surface area contributed by atoms with Crippen molar-refractivity contribution in [2.75, 3.05) is 34.8 Å². The molecule has 0 spiro atoms. The third-order valence-electron chi connectivity index (χ3n) is 7.27. The molecular weight excluding hydrogens is 556 g/mol. The summed E-state index contributed by atoms with van der Waals surface area (Å²) >= 11 is 2.51. The van der Waals surface area contributed by atoms with E-state index in [2.05, 4.69) is 31.6 Å². The number of nitrogens with zero attached hydrogens (tertiary/aromatic N) is 3. The lowest BCUT2D eigenvalue weighted by Gasteiger charge is -2.30. The number of thiophene rings is 1. The van der Waals surface area contributed by atoms with Crippen LogP contribution in [-0.2, 0) is 28.2 Å². The van der Waals surface area contributed by atoms with Crippen LogP contribution >= 0.6 is 23.1 Å². The van der Waals surface area contributed by atoms with E-state index in [9.17, 15) is 21.6 Å². The van der Waals surface area contributed by atoms with Crippen molar-refractivity contribution in [1.29, 1.82) is 0 Å². The predicted octanol–water partition coefficient (Wildman–Crippen LogP) is 5.10. The van der Waals surface area contributed by atoms with Crippen LogP contribution in [0.5, 0.6) is 0 Å². The van der Waals surface area contributed by atoms with Crippen LogP contribution in [0.4, 0.5) is 30.5 Å². The van der Waals surface area contributed by atoms with Gasteiger partial charge in [-0.1, -0.05) is 6.92 Å². The molecule has 6 rings (SSSR count). The molecule has 2 bridgehead atoms. The Kier molecular flexibility index (Phi) is 6.60. The maximum Gasteiger partial charge on any atom is 0.420 e. The number of nitrogens with one attached hydrogen (secondary N) is 2. The Morgan fingerprint density at radius 2 is 2.11 bits per heavy atom. The molecule has 2 fully saturated rings. The third-order valence-corrected chi connectivity index (χ3v) is 11.7. The maximum atomic E-state index is 13.9. The number of piperazine rings is 1. The molecule has 3 aliphatic rings. The third kappa shape index (κ3) is 4.78. The number of halogens is 3. The summed E-state index contributed by atoms with van der Waals surface area (Å²) in [5.41, 5.74) is 1.56. The lowest BCUT2D eigenvalue weighted by Crippen LogP contribution is -2.43. The van der Waals surface area contributed by atoms with Gasteiger partial charge in [0.2, 0.25) is 5.95 Å². The highest BCUT2D eigenvalue weighted by Gasteiger charge is 2.38. The van der Waals surface area contributed by atoms with Crippen molar-refractivity contribution < 1.29 is 21.6 Å². The monoisotopic (exact) mass is 581 g/mol. The Morgan fingerprint density at radius 1 is 1.26 bits per heavy atom. The van der Waals surface area contributed by atoms with Gasteiger partial charge in [-0.3, -0.25) is 0 Å². The van der Waals surface area contributed by atoms with Crippen molar-refractivity contribution in [3.05, 3.63) is 46.5 Å². The minimum atomic E-state index is -4.69. The first-order valence-corrected chi connectivity index (χ1v) is 16.0. The zero-order chi connectivity index (χ0) is 26.7. The average molecular weight is 582 g/mol. The zero-order valence-electron chi connectivity index (χ0n) is 20.5. The molecule has 2 atom stereocenters. The van der Waals surface area contributed by atoms with Gasteiger partial charge in [0.25, 0.3) is 0 Å². The van der Waals surface area contributed by atoms with Gasteiger partial charge in [0.1, 0.15) is 5.56 Å². The van der Waals surface area contributed by atoms with Crippen molar-refractivity contribution in [3.8, 4) is 10.6 Å². The molecule has 3 aliphatic heterocycles. The molecule has 0 radical (unpaired) electrons. The second-order valence-corrected chi connectivity index (χ2v) is 14.0. The molecular formula is C25H26F3N5O2S3. The normalized spacial score (nSPS) is 22.4. The molecule has 2 saturated heterocycles. The zero-order valence-corrected chi connectivity index (χ0v) is 23.0. The van der Waals surface area contributed by atoms with E-state index in [0.717, 1.165) is 60.4 Å². The summed E-state index contributed by atoms with van der Waals surface area (Å²) in [6.45, 7) is 3.96. The first kappa shape index (κ1) is 25.9. The van der Waals surface area contributed by atoms with Crippen molar-refractivity contribution in [1.82, 2.24) is 15.3 Å². The summed E-state index contributed by atoms with van der Waals surface area (Å²) in [7, 11) is -3.55. The summed E-state index contributed by atoms with van der Waals surface area (Å²) in [4.78, 5) is 11.5. The molecule has 38 heavy (non-hydrogen) atoms. The summed E-state index contributed by atoms with van der Waals surface area (Å²) in [6, 6.07) is 8.40. The minimum Gasteiger partial charge on any atom is -0.366 e. The molecule has 13 heteroatoms. The topological polar surface area (TPSA) is 87.2 Å². The van der Waals surface area contributed by atoms with Crippen LogP contribution in [-0.4, -0.2) is 55.1 Å². The second kappa shape index (κ2) is 9.68. The number of sulfone groups is 1. The number of hydrogen-bond acceptors (Lipinski definition) is 9. The summed E-state index contributed by atoms with van der Waals surface area (Å²) in [5, 5.41) is 6.62. The van der Waals surface area contributed by atoms with E-state index >= 15 is 0 Å². The maximum absolute atomic E-state index is 13.9. The minimum absolute atomic E-state index is 0.0284. The van der Waals surface area contributed by atoms with Crippen molar-refractivity contribution in [3.63, 3.8) is 0 Å². The molecule has 0 unspecified atom stereocenters. The van der Waals surface area contributed by atoms with Crippen LogP contribution < -0.4 is 15.5 Å². The van der Waals surface area contributed by atoms with Crippen LogP contribution in [0.1, 0.15) is 29.3 Å². The highest BCUT2D eigenvalue weighted by molar-refractivity contribution is 8.00. The Morgan fingerprint density at radius 3 is 2.82 bits per heavy atom. The highest BCUT2D eigenvalue weighted by atomic mass is 32.2. The van der Waals surface area contributed by atoms with E-state index in [1.807, 2.05) is 19.1 Å². The number of alkyl halides is 3. The van der Waals surface area contributed by atoms with E-state index in [1.165, 1.54) is 17.8 Å². The van der Waals surface area contributed by atoms with Crippen molar-refractivity contribution >= 4 is 50.3 Å². The van der Waals surface area contributed by atoms with Gasteiger partial charge in [-0.25, -0.2) is 18.4 Å². The average Bonchev–Trinajstić information content (AvgIpc) is 3.61. The summed E-state index contributed by atoms with van der Waals surface area (Å²) in [6.07, 6.45) is -2.07.